The molecule has 4 rings (SSSR count). The van der Waals surface area contributed by atoms with Crippen molar-refractivity contribution in [3.05, 3.63) is 101 Å². The molecule has 0 unspecified atom stereocenters. The Labute approximate surface area is 216 Å². The number of ether oxygens (including phenoxy) is 1. The number of hydrogen-bond donors (Lipinski definition) is 1. The van der Waals surface area contributed by atoms with Gasteiger partial charge in [-0.25, -0.2) is 5.43 Å². The second-order valence-electron chi connectivity index (χ2n) is 8.67. The molecule has 7 heteroatoms. The van der Waals surface area contributed by atoms with Crippen LogP contribution < -0.4 is 10.2 Å². The van der Waals surface area contributed by atoms with E-state index in [1.54, 1.807) is 18.3 Å². The molecule has 0 atom stereocenters. The molecule has 3 aromatic carbocycles. The van der Waals surface area contributed by atoms with Gasteiger partial charge in [0.2, 0.25) is 0 Å². The van der Waals surface area contributed by atoms with Gasteiger partial charge < -0.3 is 9.64 Å². The maximum atomic E-state index is 12.4. The largest absolute Gasteiger partial charge is 0.484 e. The Morgan fingerprint density at radius 1 is 0.861 bits per heavy atom. The first kappa shape index (κ1) is 25.5. The second-order valence-corrected chi connectivity index (χ2v) is 9.66. The Morgan fingerprint density at radius 3 is 2.22 bits per heavy atom. The minimum Gasteiger partial charge on any atom is -0.484 e. The van der Waals surface area contributed by atoms with Crippen molar-refractivity contribution in [1.82, 2.24) is 10.3 Å². The van der Waals surface area contributed by atoms with E-state index in [1.165, 1.54) is 17.5 Å². The molecule has 1 saturated heterocycles. The SMILES string of the molecule is O=C(N/N=C/c1ccc(OCC(=O)N2CCCCC2)cc1)c1ccc(CSCc2ccccc2)cc1. The number of nitrogens with zero attached hydrogens (tertiary/aromatic N) is 2. The van der Waals surface area contributed by atoms with Crippen LogP contribution in [0.1, 0.15) is 46.3 Å². The summed E-state index contributed by atoms with van der Waals surface area (Å²) >= 11 is 1.85. The third kappa shape index (κ3) is 7.99. The summed E-state index contributed by atoms with van der Waals surface area (Å²) in [5.41, 5.74) is 6.43. The Bertz CT molecular complexity index is 1140. The Hall–Kier alpha value is -3.58. The molecule has 186 valence electrons. The number of piperidine rings is 1. The fraction of sp³-hybridized carbons (Fsp3) is 0.276. The maximum Gasteiger partial charge on any atom is 0.271 e. The quantitative estimate of drug-likeness (QED) is 0.303. The zero-order valence-electron chi connectivity index (χ0n) is 20.3. The molecule has 0 aromatic heterocycles. The van der Waals surface area contributed by atoms with Gasteiger partial charge in [-0.1, -0.05) is 42.5 Å². The van der Waals surface area contributed by atoms with Crippen LogP contribution in [0.2, 0.25) is 0 Å². The van der Waals surface area contributed by atoms with Crippen molar-refractivity contribution < 1.29 is 14.3 Å². The Balaban J connectivity index is 1.18. The number of benzene rings is 3. The molecular formula is C29H31N3O3S. The standard InChI is InChI=1S/C29H31N3O3S/c33-28(32-17-5-2-6-18-32)20-35-27-15-11-23(12-16-27)19-30-31-29(34)26-13-9-25(10-14-26)22-36-21-24-7-3-1-4-8-24/h1,3-4,7-16,19H,2,5-6,17-18,20-22H2,(H,31,34)/b30-19+. The average Bonchev–Trinajstić information content (AvgIpc) is 2.94. The van der Waals surface area contributed by atoms with E-state index in [4.69, 9.17) is 4.74 Å². The number of hydrazone groups is 1. The summed E-state index contributed by atoms with van der Waals surface area (Å²) < 4.78 is 5.63. The van der Waals surface area contributed by atoms with Crippen molar-refractivity contribution in [2.75, 3.05) is 19.7 Å². The van der Waals surface area contributed by atoms with Crippen LogP contribution in [0, 0.1) is 0 Å². The average molecular weight is 502 g/mol. The smallest absolute Gasteiger partial charge is 0.271 e. The minimum atomic E-state index is -0.258. The molecule has 0 radical (unpaired) electrons. The van der Waals surface area contributed by atoms with Crippen LogP contribution in [-0.2, 0) is 16.3 Å². The first-order valence-electron chi connectivity index (χ1n) is 12.2. The Kier molecular flexibility index (Phi) is 9.56. The molecule has 1 aliphatic rings. The predicted octanol–water partition coefficient (Wildman–Crippen LogP) is 5.28. The summed E-state index contributed by atoms with van der Waals surface area (Å²) in [6, 6.07) is 25.2. The zero-order chi connectivity index (χ0) is 25.0. The second kappa shape index (κ2) is 13.5. The lowest BCUT2D eigenvalue weighted by molar-refractivity contribution is -0.134. The summed E-state index contributed by atoms with van der Waals surface area (Å²) in [6.07, 6.45) is 4.90. The van der Waals surface area contributed by atoms with Gasteiger partial charge in [0.1, 0.15) is 5.75 Å². The van der Waals surface area contributed by atoms with Gasteiger partial charge in [0.15, 0.2) is 6.61 Å². The molecule has 1 heterocycles. The maximum absolute atomic E-state index is 12.4. The molecule has 1 aliphatic heterocycles. The highest BCUT2D eigenvalue weighted by Crippen LogP contribution is 2.18. The van der Waals surface area contributed by atoms with Gasteiger partial charge in [0.25, 0.3) is 11.8 Å². The van der Waals surface area contributed by atoms with Crippen molar-refractivity contribution in [2.24, 2.45) is 5.10 Å². The van der Waals surface area contributed by atoms with Crippen LogP contribution in [0.5, 0.6) is 5.75 Å². The molecule has 0 aliphatic carbocycles. The van der Waals surface area contributed by atoms with Crippen LogP contribution in [0.3, 0.4) is 0 Å². The summed E-state index contributed by atoms with van der Waals surface area (Å²) in [6.45, 7) is 1.69. The van der Waals surface area contributed by atoms with Crippen molar-refractivity contribution in [3.63, 3.8) is 0 Å². The van der Waals surface area contributed by atoms with Crippen LogP contribution >= 0.6 is 11.8 Å². The van der Waals surface area contributed by atoms with Gasteiger partial charge in [-0.15, -0.1) is 0 Å². The lowest BCUT2D eigenvalue weighted by Crippen LogP contribution is -2.38. The molecule has 3 aromatic rings. The fourth-order valence-electron chi connectivity index (χ4n) is 3.87. The first-order chi connectivity index (χ1) is 17.7. The van der Waals surface area contributed by atoms with Crippen molar-refractivity contribution in [3.8, 4) is 5.75 Å². The highest BCUT2D eigenvalue weighted by molar-refractivity contribution is 7.97. The monoisotopic (exact) mass is 501 g/mol. The van der Waals surface area contributed by atoms with E-state index < -0.39 is 0 Å². The summed E-state index contributed by atoms with van der Waals surface area (Å²) in [5.74, 6) is 2.25. The van der Waals surface area contributed by atoms with E-state index >= 15 is 0 Å². The third-order valence-electron chi connectivity index (χ3n) is 5.93. The highest BCUT2D eigenvalue weighted by atomic mass is 32.2. The van der Waals surface area contributed by atoms with E-state index in [1.807, 2.05) is 59.1 Å². The van der Waals surface area contributed by atoms with Crippen molar-refractivity contribution in [2.45, 2.75) is 30.8 Å². The highest BCUT2D eigenvalue weighted by Gasteiger charge is 2.16. The van der Waals surface area contributed by atoms with Crippen molar-refractivity contribution in [1.29, 1.82) is 0 Å². The molecule has 0 saturated carbocycles. The van der Waals surface area contributed by atoms with Crippen LogP contribution in [0.25, 0.3) is 0 Å². The molecule has 0 bridgehead atoms. The lowest BCUT2D eigenvalue weighted by atomic mass is 10.1. The molecule has 0 spiro atoms. The number of rotatable bonds is 10. The van der Waals surface area contributed by atoms with Gasteiger partial charge in [-0.3, -0.25) is 9.59 Å². The molecule has 2 amide bonds. The van der Waals surface area contributed by atoms with E-state index in [0.717, 1.165) is 43.0 Å². The number of nitrogens with one attached hydrogen (secondary N) is 1. The summed E-state index contributed by atoms with van der Waals surface area (Å²) in [4.78, 5) is 26.5. The Morgan fingerprint density at radius 2 is 1.53 bits per heavy atom. The van der Waals surface area contributed by atoms with Crippen LogP contribution in [0.4, 0.5) is 0 Å². The van der Waals surface area contributed by atoms with E-state index in [-0.39, 0.29) is 18.4 Å². The van der Waals surface area contributed by atoms with E-state index in [0.29, 0.717) is 11.3 Å². The summed E-state index contributed by atoms with van der Waals surface area (Å²) in [7, 11) is 0. The predicted molar refractivity (Wildman–Crippen MR) is 145 cm³/mol. The number of carbonyl (C=O) groups is 2. The van der Waals surface area contributed by atoms with Gasteiger partial charge in [0, 0.05) is 30.2 Å². The van der Waals surface area contributed by atoms with Gasteiger partial charge in [-0.2, -0.15) is 16.9 Å². The number of carbonyl (C=O) groups excluding carboxylic acids is 2. The van der Waals surface area contributed by atoms with Crippen LogP contribution in [-0.4, -0.2) is 42.6 Å². The molecule has 36 heavy (non-hydrogen) atoms. The number of amides is 2. The number of thioether (sulfide) groups is 1. The first-order valence-corrected chi connectivity index (χ1v) is 13.4. The fourth-order valence-corrected chi connectivity index (χ4v) is 4.83. The molecular weight excluding hydrogens is 470 g/mol. The number of likely N-dealkylation sites (tertiary alicyclic amines) is 1. The number of hydrogen-bond acceptors (Lipinski definition) is 5. The topological polar surface area (TPSA) is 71.0 Å². The minimum absolute atomic E-state index is 0.0297. The molecule has 1 N–H and O–H groups in total. The molecule has 6 nitrogen and oxygen atoms in total. The van der Waals surface area contributed by atoms with Crippen molar-refractivity contribution >= 4 is 29.8 Å². The van der Waals surface area contributed by atoms with E-state index in [2.05, 4.69) is 34.8 Å². The molecule has 1 fully saturated rings. The van der Waals surface area contributed by atoms with Gasteiger partial charge >= 0.3 is 0 Å². The van der Waals surface area contributed by atoms with Gasteiger partial charge in [0.05, 0.1) is 6.21 Å². The summed E-state index contributed by atoms with van der Waals surface area (Å²) in [5, 5.41) is 4.06. The normalized spacial score (nSPS) is 13.5. The van der Waals surface area contributed by atoms with Crippen LogP contribution in [0.15, 0.2) is 84.0 Å². The lowest BCUT2D eigenvalue weighted by Gasteiger charge is -2.26. The van der Waals surface area contributed by atoms with Gasteiger partial charge in [-0.05, 0) is 72.4 Å². The zero-order valence-corrected chi connectivity index (χ0v) is 21.1. The van der Waals surface area contributed by atoms with E-state index in [9.17, 15) is 9.59 Å². The third-order valence-corrected chi connectivity index (χ3v) is 7.00.